The van der Waals surface area contributed by atoms with E-state index >= 15 is 0 Å². The number of nitrogens with zero attached hydrogens (tertiary/aromatic N) is 1. The van der Waals surface area contributed by atoms with Gasteiger partial charge in [-0.15, -0.1) is 0 Å². The summed E-state index contributed by atoms with van der Waals surface area (Å²) in [5.41, 5.74) is 1.16. The van der Waals surface area contributed by atoms with Gasteiger partial charge in [0.05, 0.1) is 4.90 Å². The van der Waals surface area contributed by atoms with Crippen LogP contribution in [0.2, 0.25) is 0 Å². The molecule has 0 amide bonds. The van der Waals surface area contributed by atoms with Gasteiger partial charge in [-0.2, -0.15) is 0 Å². The second-order valence-corrected chi connectivity index (χ2v) is 9.67. The van der Waals surface area contributed by atoms with Crippen LogP contribution in [0.1, 0.15) is 51.0 Å². The van der Waals surface area contributed by atoms with Crippen molar-refractivity contribution in [2.45, 2.75) is 56.4 Å². The number of sulfonamides is 1. The van der Waals surface area contributed by atoms with Crippen LogP contribution in [0.25, 0.3) is 0 Å². The Morgan fingerprint density at radius 2 is 1.69 bits per heavy atom. The summed E-state index contributed by atoms with van der Waals surface area (Å²) in [5.74, 6) is 0.830. The predicted molar refractivity (Wildman–Crippen MR) is 104 cm³/mol. The Morgan fingerprint density at radius 1 is 1.08 bits per heavy atom. The highest BCUT2D eigenvalue weighted by Gasteiger charge is 2.27. The van der Waals surface area contributed by atoms with Crippen LogP contribution in [0.3, 0.4) is 0 Å². The van der Waals surface area contributed by atoms with E-state index in [1.165, 1.54) is 0 Å². The maximum absolute atomic E-state index is 12.5. The summed E-state index contributed by atoms with van der Waals surface area (Å²) in [6, 6.07) is 7.90. The first-order valence-corrected chi connectivity index (χ1v) is 11.4. The Labute approximate surface area is 158 Å². The Balaban J connectivity index is 1.47. The van der Waals surface area contributed by atoms with Crippen molar-refractivity contribution in [3.63, 3.8) is 0 Å². The summed E-state index contributed by atoms with van der Waals surface area (Å²) in [6.45, 7) is 8.64. The molecule has 6 heteroatoms. The second-order valence-electron chi connectivity index (χ2n) is 7.90. The minimum Gasteiger partial charge on any atom is -0.381 e. The molecule has 26 heavy (non-hydrogen) atoms. The van der Waals surface area contributed by atoms with Crippen LogP contribution in [0.5, 0.6) is 0 Å². The third-order valence-electron chi connectivity index (χ3n) is 5.78. The third-order valence-corrected chi connectivity index (χ3v) is 7.21. The molecule has 2 saturated heterocycles. The molecule has 0 atom stereocenters. The van der Waals surface area contributed by atoms with Gasteiger partial charge in [-0.25, -0.2) is 13.1 Å². The number of benzene rings is 1. The quantitative estimate of drug-likeness (QED) is 0.824. The monoisotopic (exact) mass is 380 g/mol. The second kappa shape index (κ2) is 8.83. The first kappa shape index (κ1) is 19.8. The van der Waals surface area contributed by atoms with Gasteiger partial charge >= 0.3 is 0 Å². The lowest BCUT2D eigenvalue weighted by atomic mass is 9.94. The molecule has 146 valence electrons. The van der Waals surface area contributed by atoms with Gasteiger partial charge in [0.25, 0.3) is 0 Å². The van der Waals surface area contributed by atoms with Gasteiger partial charge in [0.15, 0.2) is 0 Å². The smallest absolute Gasteiger partial charge is 0.240 e. The fraction of sp³-hybridized carbons (Fsp3) is 0.700. The zero-order valence-electron chi connectivity index (χ0n) is 16.0. The van der Waals surface area contributed by atoms with E-state index < -0.39 is 10.0 Å². The van der Waals surface area contributed by atoms with Gasteiger partial charge < -0.3 is 9.64 Å². The fourth-order valence-corrected chi connectivity index (χ4v) is 5.03. The molecule has 2 aliphatic rings. The van der Waals surface area contributed by atoms with E-state index in [-0.39, 0.29) is 0 Å². The number of piperidine rings is 1. The summed E-state index contributed by atoms with van der Waals surface area (Å²) in [6.07, 6.45) is 4.38. The lowest BCUT2D eigenvalue weighted by Crippen LogP contribution is -2.45. The molecule has 2 heterocycles. The van der Waals surface area contributed by atoms with Crippen molar-refractivity contribution in [2.75, 3.05) is 32.8 Å². The van der Waals surface area contributed by atoms with Crippen molar-refractivity contribution in [3.8, 4) is 0 Å². The first-order valence-electron chi connectivity index (χ1n) is 9.87. The van der Waals surface area contributed by atoms with E-state index in [1.54, 1.807) is 12.1 Å². The minimum absolute atomic E-state index is 0.363. The molecule has 1 N–H and O–H groups in total. The molecule has 0 unspecified atom stereocenters. The molecular formula is C20H32N2O3S. The maximum atomic E-state index is 12.5. The van der Waals surface area contributed by atoms with E-state index in [0.717, 1.165) is 57.6 Å². The molecule has 0 aliphatic carbocycles. The lowest BCUT2D eigenvalue weighted by Gasteiger charge is -2.39. The summed E-state index contributed by atoms with van der Waals surface area (Å²) in [5, 5.41) is 0. The molecule has 0 aromatic heterocycles. The fourth-order valence-electron chi connectivity index (χ4n) is 3.92. The number of rotatable bonds is 6. The Morgan fingerprint density at radius 3 is 2.27 bits per heavy atom. The minimum atomic E-state index is -3.42. The highest BCUT2D eigenvalue weighted by atomic mass is 32.2. The zero-order chi connectivity index (χ0) is 18.6. The van der Waals surface area contributed by atoms with Crippen LogP contribution in [0.4, 0.5) is 0 Å². The van der Waals surface area contributed by atoms with Crippen molar-refractivity contribution in [3.05, 3.63) is 29.8 Å². The van der Waals surface area contributed by atoms with E-state index in [2.05, 4.69) is 23.5 Å². The first-order chi connectivity index (χ1) is 12.5. The SMILES string of the molecule is CC(C)c1ccc(S(=O)(=O)NCC2CCN(C3CCOCC3)CC2)cc1. The maximum Gasteiger partial charge on any atom is 0.240 e. The van der Waals surface area contributed by atoms with Crippen LogP contribution < -0.4 is 4.72 Å². The van der Waals surface area contributed by atoms with Crippen LogP contribution in [-0.2, 0) is 14.8 Å². The standard InChI is InChI=1S/C20H32N2O3S/c1-16(2)18-3-5-20(6-4-18)26(23,24)21-15-17-7-11-22(12-8-17)19-9-13-25-14-10-19/h3-6,16-17,19,21H,7-15H2,1-2H3. The molecule has 0 radical (unpaired) electrons. The third kappa shape index (κ3) is 5.06. The normalized spacial score (nSPS) is 21.3. The Hall–Kier alpha value is -0.950. The van der Waals surface area contributed by atoms with Gasteiger partial charge in [-0.1, -0.05) is 26.0 Å². The van der Waals surface area contributed by atoms with E-state index in [4.69, 9.17) is 4.74 Å². The summed E-state index contributed by atoms with van der Waals surface area (Å²) >= 11 is 0. The Bertz CT molecular complexity index is 659. The van der Waals surface area contributed by atoms with Gasteiger partial charge in [-0.05, 0) is 68.3 Å². The van der Waals surface area contributed by atoms with Gasteiger partial charge in [0.1, 0.15) is 0 Å². The van der Waals surface area contributed by atoms with Gasteiger partial charge in [0, 0.05) is 25.8 Å². The number of hydrogen-bond donors (Lipinski definition) is 1. The topological polar surface area (TPSA) is 58.6 Å². The molecule has 2 aliphatic heterocycles. The molecular weight excluding hydrogens is 348 g/mol. The van der Waals surface area contributed by atoms with E-state index in [0.29, 0.717) is 29.3 Å². The summed E-state index contributed by atoms with van der Waals surface area (Å²) in [4.78, 5) is 2.93. The van der Waals surface area contributed by atoms with Crippen LogP contribution >= 0.6 is 0 Å². The number of nitrogens with one attached hydrogen (secondary N) is 1. The highest BCUT2D eigenvalue weighted by Crippen LogP contribution is 2.23. The molecule has 3 rings (SSSR count). The van der Waals surface area contributed by atoms with Crippen molar-refractivity contribution < 1.29 is 13.2 Å². The number of ether oxygens (including phenoxy) is 1. The van der Waals surface area contributed by atoms with Crippen LogP contribution in [-0.4, -0.2) is 52.2 Å². The summed E-state index contributed by atoms with van der Waals surface area (Å²) in [7, 11) is -3.42. The molecule has 1 aromatic carbocycles. The van der Waals surface area contributed by atoms with E-state index in [1.807, 2.05) is 12.1 Å². The zero-order valence-corrected chi connectivity index (χ0v) is 16.8. The average Bonchev–Trinajstić information content (AvgIpc) is 2.67. The van der Waals surface area contributed by atoms with Gasteiger partial charge in [-0.3, -0.25) is 0 Å². The van der Waals surface area contributed by atoms with E-state index in [9.17, 15) is 8.42 Å². The molecule has 2 fully saturated rings. The molecule has 0 bridgehead atoms. The van der Waals surface area contributed by atoms with Crippen LogP contribution in [0.15, 0.2) is 29.2 Å². The number of likely N-dealkylation sites (tertiary alicyclic amines) is 1. The van der Waals surface area contributed by atoms with Crippen molar-refractivity contribution in [1.82, 2.24) is 9.62 Å². The molecule has 0 saturated carbocycles. The molecule has 0 spiro atoms. The highest BCUT2D eigenvalue weighted by molar-refractivity contribution is 7.89. The summed E-state index contributed by atoms with van der Waals surface area (Å²) < 4.78 is 33.3. The largest absolute Gasteiger partial charge is 0.381 e. The van der Waals surface area contributed by atoms with Crippen molar-refractivity contribution in [2.24, 2.45) is 5.92 Å². The lowest BCUT2D eigenvalue weighted by molar-refractivity contribution is 0.0214. The Kier molecular flexibility index (Phi) is 6.72. The van der Waals surface area contributed by atoms with Crippen LogP contribution in [0, 0.1) is 5.92 Å². The molecule has 1 aromatic rings. The average molecular weight is 381 g/mol. The van der Waals surface area contributed by atoms with Crippen molar-refractivity contribution >= 4 is 10.0 Å². The number of hydrogen-bond acceptors (Lipinski definition) is 4. The van der Waals surface area contributed by atoms with Gasteiger partial charge in [0.2, 0.25) is 10.0 Å². The van der Waals surface area contributed by atoms with Crippen molar-refractivity contribution in [1.29, 1.82) is 0 Å². The molecule has 5 nitrogen and oxygen atoms in total. The predicted octanol–water partition coefficient (Wildman–Crippen LogP) is 2.98.